The molecule has 94 valence electrons. The highest BCUT2D eigenvalue weighted by Crippen LogP contribution is 2.20. The number of hydrogen-bond acceptors (Lipinski definition) is 3. The zero-order valence-electron chi connectivity index (χ0n) is 9.77. The molecular weight excluding hydrogens is 296 g/mol. The van der Waals surface area contributed by atoms with Crippen LogP contribution >= 0.6 is 15.9 Å². The lowest BCUT2D eigenvalue weighted by atomic mass is 10.00. The van der Waals surface area contributed by atoms with Gasteiger partial charge < -0.3 is 5.11 Å². The standard InChI is InChI=1S/C13H13BrN2O2/c14-9-2-3-10-11(5-9)15-12-4-1-8(7-17)6-16(12)13(10)18/h2-3,5,8,17H,1,4,6-7H2. The van der Waals surface area contributed by atoms with Crippen LogP contribution in [-0.4, -0.2) is 21.3 Å². The van der Waals surface area contributed by atoms with Gasteiger partial charge in [0.25, 0.3) is 5.56 Å². The summed E-state index contributed by atoms with van der Waals surface area (Å²) in [4.78, 5) is 16.9. The molecule has 0 spiro atoms. The number of benzene rings is 1. The van der Waals surface area contributed by atoms with Crippen molar-refractivity contribution in [2.45, 2.75) is 19.4 Å². The third-order valence-electron chi connectivity index (χ3n) is 3.47. The van der Waals surface area contributed by atoms with Gasteiger partial charge in [-0.05, 0) is 24.6 Å². The highest BCUT2D eigenvalue weighted by atomic mass is 79.9. The van der Waals surface area contributed by atoms with Crippen LogP contribution in [0.4, 0.5) is 0 Å². The Morgan fingerprint density at radius 2 is 2.33 bits per heavy atom. The van der Waals surface area contributed by atoms with E-state index in [1.807, 2.05) is 12.1 Å². The minimum absolute atomic E-state index is 0.000602. The fourth-order valence-electron chi connectivity index (χ4n) is 2.45. The van der Waals surface area contributed by atoms with Crippen LogP contribution < -0.4 is 5.56 Å². The number of rotatable bonds is 1. The number of halogens is 1. The van der Waals surface area contributed by atoms with Gasteiger partial charge in [-0.2, -0.15) is 0 Å². The monoisotopic (exact) mass is 308 g/mol. The minimum atomic E-state index is 0.000602. The van der Waals surface area contributed by atoms with E-state index in [1.54, 1.807) is 10.6 Å². The first kappa shape index (κ1) is 11.9. The van der Waals surface area contributed by atoms with Gasteiger partial charge in [-0.25, -0.2) is 4.98 Å². The molecule has 0 aliphatic carbocycles. The number of hydrogen-bond donors (Lipinski definition) is 1. The van der Waals surface area contributed by atoms with Crippen LogP contribution in [0.5, 0.6) is 0 Å². The Balaban J connectivity index is 2.23. The summed E-state index contributed by atoms with van der Waals surface area (Å²) in [7, 11) is 0. The van der Waals surface area contributed by atoms with E-state index in [-0.39, 0.29) is 18.1 Å². The second-order valence-electron chi connectivity index (χ2n) is 4.69. The van der Waals surface area contributed by atoms with Crippen molar-refractivity contribution in [3.63, 3.8) is 0 Å². The molecule has 3 rings (SSSR count). The summed E-state index contributed by atoms with van der Waals surface area (Å²) in [6, 6.07) is 5.52. The third-order valence-corrected chi connectivity index (χ3v) is 3.96. The van der Waals surface area contributed by atoms with Crippen molar-refractivity contribution < 1.29 is 5.11 Å². The Hall–Kier alpha value is -1.20. The second-order valence-corrected chi connectivity index (χ2v) is 5.61. The second kappa shape index (κ2) is 4.48. The first-order valence-corrected chi connectivity index (χ1v) is 6.78. The summed E-state index contributed by atoms with van der Waals surface area (Å²) in [6.07, 6.45) is 1.64. The average molecular weight is 309 g/mol. The maximum absolute atomic E-state index is 12.4. The van der Waals surface area contributed by atoms with Crippen LogP contribution in [0, 0.1) is 5.92 Å². The SMILES string of the molecule is O=c1c2ccc(Br)cc2nc2n1CC(CO)CC2. The Kier molecular flexibility index (Phi) is 2.95. The van der Waals surface area contributed by atoms with Crippen LogP contribution in [0.1, 0.15) is 12.2 Å². The number of aromatic nitrogens is 2. The first-order valence-electron chi connectivity index (χ1n) is 5.99. The first-order chi connectivity index (χ1) is 8.69. The molecule has 0 radical (unpaired) electrons. The Labute approximate surface area is 112 Å². The van der Waals surface area contributed by atoms with Gasteiger partial charge in [0.05, 0.1) is 10.9 Å². The third kappa shape index (κ3) is 1.87. The van der Waals surface area contributed by atoms with E-state index in [2.05, 4.69) is 20.9 Å². The molecule has 5 heteroatoms. The average Bonchev–Trinajstić information content (AvgIpc) is 2.38. The molecule has 2 aromatic rings. The maximum Gasteiger partial charge on any atom is 0.261 e. The molecule has 2 heterocycles. The van der Waals surface area contributed by atoms with Gasteiger partial charge in [-0.1, -0.05) is 15.9 Å². The number of nitrogens with zero attached hydrogens (tertiary/aromatic N) is 2. The normalized spacial score (nSPS) is 18.9. The van der Waals surface area contributed by atoms with Crippen molar-refractivity contribution in [3.05, 3.63) is 38.9 Å². The smallest absolute Gasteiger partial charge is 0.261 e. The van der Waals surface area contributed by atoms with Gasteiger partial charge in [0.2, 0.25) is 0 Å². The van der Waals surface area contributed by atoms with E-state index in [9.17, 15) is 9.90 Å². The molecule has 0 saturated heterocycles. The van der Waals surface area contributed by atoms with Crippen molar-refractivity contribution >= 4 is 26.8 Å². The summed E-state index contributed by atoms with van der Waals surface area (Å²) in [5, 5.41) is 9.85. The Morgan fingerprint density at radius 3 is 3.11 bits per heavy atom. The van der Waals surface area contributed by atoms with Crippen molar-refractivity contribution in [1.82, 2.24) is 9.55 Å². The van der Waals surface area contributed by atoms with Crippen molar-refractivity contribution in [2.24, 2.45) is 5.92 Å². The summed E-state index contributed by atoms with van der Waals surface area (Å²) in [5.74, 6) is 1.00. The van der Waals surface area contributed by atoms with Gasteiger partial charge in [0, 0.05) is 30.0 Å². The summed E-state index contributed by atoms with van der Waals surface area (Å²) < 4.78 is 2.64. The van der Waals surface area contributed by atoms with Gasteiger partial charge in [0.15, 0.2) is 0 Å². The molecule has 0 saturated carbocycles. The van der Waals surface area contributed by atoms with Crippen LogP contribution in [0.15, 0.2) is 27.5 Å². The van der Waals surface area contributed by atoms with E-state index >= 15 is 0 Å². The highest BCUT2D eigenvalue weighted by Gasteiger charge is 2.21. The van der Waals surface area contributed by atoms with Gasteiger partial charge in [-0.3, -0.25) is 9.36 Å². The van der Waals surface area contributed by atoms with Crippen molar-refractivity contribution in [1.29, 1.82) is 0 Å². The largest absolute Gasteiger partial charge is 0.396 e. The number of aliphatic hydroxyl groups excluding tert-OH is 1. The lowest BCUT2D eigenvalue weighted by Crippen LogP contribution is -2.33. The number of aliphatic hydroxyl groups is 1. The minimum Gasteiger partial charge on any atom is -0.396 e. The van der Waals surface area contributed by atoms with Crippen LogP contribution in [0.2, 0.25) is 0 Å². The van der Waals surface area contributed by atoms with Crippen molar-refractivity contribution in [2.75, 3.05) is 6.61 Å². The molecule has 0 bridgehead atoms. The quantitative estimate of drug-likeness (QED) is 0.872. The molecule has 1 aliphatic rings. The van der Waals surface area contributed by atoms with E-state index in [1.165, 1.54) is 0 Å². The van der Waals surface area contributed by atoms with E-state index in [4.69, 9.17) is 0 Å². The lowest BCUT2D eigenvalue weighted by Gasteiger charge is -2.24. The molecule has 18 heavy (non-hydrogen) atoms. The molecule has 4 nitrogen and oxygen atoms in total. The fraction of sp³-hybridized carbons (Fsp3) is 0.385. The molecule has 1 unspecified atom stereocenters. The number of fused-ring (bicyclic) bond motifs is 2. The van der Waals surface area contributed by atoms with Crippen LogP contribution in [0.3, 0.4) is 0 Å². The number of aryl methyl sites for hydroxylation is 1. The molecule has 0 amide bonds. The predicted octanol–water partition coefficient (Wildman–Crippen LogP) is 1.71. The summed E-state index contributed by atoms with van der Waals surface area (Å²) >= 11 is 3.39. The fourth-order valence-corrected chi connectivity index (χ4v) is 2.80. The van der Waals surface area contributed by atoms with E-state index in [0.717, 1.165) is 28.7 Å². The van der Waals surface area contributed by atoms with Crippen molar-refractivity contribution in [3.8, 4) is 0 Å². The maximum atomic E-state index is 12.4. The van der Waals surface area contributed by atoms with E-state index < -0.39 is 0 Å². The molecule has 1 aromatic heterocycles. The highest BCUT2D eigenvalue weighted by molar-refractivity contribution is 9.10. The molecule has 0 fully saturated rings. The van der Waals surface area contributed by atoms with E-state index in [0.29, 0.717) is 11.9 Å². The lowest BCUT2D eigenvalue weighted by molar-refractivity contribution is 0.188. The Bertz CT molecular complexity index is 666. The van der Waals surface area contributed by atoms with Gasteiger partial charge in [0.1, 0.15) is 5.82 Å². The predicted molar refractivity (Wildman–Crippen MR) is 72.6 cm³/mol. The Morgan fingerprint density at radius 1 is 1.50 bits per heavy atom. The molecule has 1 aromatic carbocycles. The zero-order valence-corrected chi connectivity index (χ0v) is 11.4. The molecule has 1 aliphatic heterocycles. The van der Waals surface area contributed by atoms with Crippen LogP contribution in [0.25, 0.3) is 10.9 Å². The van der Waals surface area contributed by atoms with Gasteiger partial charge in [-0.15, -0.1) is 0 Å². The molecule has 1 N–H and O–H groups in total. The molecular formula is C13H13BrN2O2. The molecule has 1 atom stereocenters. The topological polar surface area (TPSA) is 55.1 Å². The van der Waals surface area contributed by atoms with Crippen LogP contribution in [-0.2, 0) is 13.0 Å². The zero-order chi connectivity index (χ0) is 12.7. The van der Waals surface area contributed by atoms with Gasteiger partial charge >= 0.3 is 0 Å². The summed E-state index contributed by atoms with van der Waals surface area (Å²) in [5.41, 5.74) is 0.740. The summed E-state index contributed by atoms with van der Waals surface area (Å²) in [6.45, 7) is 0.702.